The van der Waals surface area contributed by atoms with E-state index in [0.717, 1.165) is 8.78 Å². The quantitative estimate of drug-likeness (QED) is 0.233. The number of anilines is 1. The van der Waals surface area contributed by atoms with Gasteiger partial charge in [0.1, 0.15) is 5.75 Å². The lowest BCUT2D eigenvalue weighted by Crippen LogP contribution is -2.26. The van der Waals surface area contributed by atoms with Crippen LogP contribution in [0.25, 0.3) is 11.1 Å². The molecular formula is C26H17BrClNO3S. The highest BCUT2D eigenvalue weighted by Gasteiger charge is 2.24. The van der Waals surface area contributed by atoms with Gasteiger partial charge >= 0.3 is 0 Å². The van der Waals surface area contributed by atoms with Crippen LogP contribution in [0.15, 0.2) is 106 Å². The monoisotopic (exact) mass is 537 g/mol. The molecule has 0 aromatic heterocycles. The summed E-state index contributed by atoms with van der Waals surface area (Å²) in [5.74, 6) is 3.10. The molecule has 0 fully saturated rings. The number of benzene rings is 4. The maximum absolute atomic E-state index is 13.5. The number of hydrogen-bond donors (Lipinski definition) is 1. The lowest BCUT2D eigenvalue weighted by molar-refractivity contribution is 0.477. The van der Waals surface area contributed by atoms with Crippen molar-refractivity contribution in [3.05, 3.63) is 112 Å². The molecule has 0 radical (unpaired) electrons. The molecule has 0 spiro atoms. The van der Waals surface area contributed by atoms with E-state index >= 15 is 0 Å². The van der Waals surface area contributed by atoms with Crippen LogP contribution in [0.1, 0.15) is 5.56 Å². The Morgan fingerprint density at radius 1 is 0.788 bits per heavy atom. The number of hydrogen-bond acceptors (Lipinski definition) is 3. The Balaban J connectivity index is 1.85. The van der Waals surface area contributed by atoms with Gasteiger partial charge in [0.05, 0.1) is 10.6 Å². The minimum absolute atomic E-state index is 0.101. The van der Waals surface area contributed by atoms with Gasteiger partial charge in [0.25, 0.3) is 10.0 Å². The molecule has 33 heavy (non-hydrogen) atoms. The summed E-state index contributed by atoms with van der Waals surface area (Å²) in [7, 11) is -3.99. The molecule has 0 aliphatic carbocycles. The number of rotatable bonds is 4. The van der Waals surface area contributed by atoms with Crippen LogP contribution < -0.4 is 4.31 Å². The number of aromatic hydroxyl groups is 1. The Bertz CT molecular complexity index is 1460. The molecule has 4 rings (SSSR count). The molecule has 0 unspecified atom stereocenters. The second kappa shape index (κ2) is 9.72. The second-order valence-corrected chi connectivity index (χ2v) is 10.1. The lowest BCUT2D eigenvalue weighted by atomic mass is 9.99. The minimum atomic E-state index is -3.99. The number of halogens is 2. The summed E-state index contributed by atoms with van der Waals surface area (Å²) >= 11 is 9.34. The van der Waals surface area contributed by atoms with E-state index in [1.165, 1.54) is 12.1 Å². The number of phenolic OH excluding ortho intramolecular Hbond substituents is 1. The van der Waals surface area contributed by atoms with E-state index in [9.17, 15) is 13.5 Å². The van der Waals surface area contributed by atoms with Crippen molar-refractivity contribution in [1.82, 2.24) is 0 Å². The Labute approximate surface area is 206 Å². The van der Waals surface area contributed by atoms with E-state index in [2.05, 4.69) is 27.9 Å². The van der Waals surface area contributed by atoms with E-state index in [0.29, 0.717) is 27.4 Å². The molecule has 0 amide bonds. The summed E-state index contributed by atoms with van der Waals surface area (Å²) in [6.07, 6.45) is 0. The van der Waals surface area contributed by atoms with Crippen LogP contribution >= 0.6 is 27.5 Å². The highest BCUT2D eigenvalue weighted by atomic mass is 79.9. The van der Waals surface area contributed by atoms with E-state index in [4.69, 9.17) is 11.6 Å². The Morgan fingerprint density at radius 3 is 2.06 bits per heavy atom. The van der Waals surface area contributed by atoms with Crippen LogP contribution in [0.4, 0.5) is 5.69 Å². The largest absolute Gasteiger partial charge is 0.507 e. The van der Waals surface area contributed by atoms with Gasteiger partial charge in [-0.25, -0.2) is 8.42 Å². The van der Waals surface area contributed by atoms with Crippen molar-refractivity contribution in [2.75, 3.05) is 4.31 Å². The van der Waals surface area contributed by atoms with Crippen LogP contribution in [-0.2, 0) is 10.0 Å². The third-order valence-electron chi connectivity index (χ3n) is 4.83. The predicted octanol–water partition coefficient (Wildman–Crippen LogP) is 6.68. The molecule has 0 aliphatic heterocycles. The summed E-state index contributed by atoms with van der Waals surface area (Å²) in [5.41, 5.74) is 2.23. The van der Waals surface area contributed by atoms with Gasteiger partial charge in [-0.1, -0.05) is 63.9 Å². The highest BCUT2D eigenvalue weighted by Crippen LogP contribution is 2.31. The minimum Gasteiger partial charge on any atom is -0.507 e. The van der Waals surface area contributed by atoms with E-state index in [1.54, 1.807) is 60.7 Å². The van der Waals surface area contributed by atoms with Crippen molar-refractivity contribution in [2.24, 2.45) is 0 Å². The van der Waals surface area contributed by atoms with Crippen molar-refractivity contribution >= 4 is 43.2 Å². The number of sulfonamides is 1. The summed E-state index contributed by atoms with van der Waals surface area (Å²) in [4.78, 5) is 0.101. The van der Waals surface area contributed by atoms with Crippen molar-refractivity contribution in [3.8, 4) is 28.8 Å². The Hall–Kier alpha value is -3.24. The van der Waals surface area contributed by atoms with Crippen molar-refractivity contribution < 1.29 is 13.5 Å². The normalized spacial score (nSPS) is 10.8. The van der Waals surface area contributed by atoms with Crippen LogP contribution in [0.5, 0.6) is 5.75 Å². The van der Waals surface area contributed by atoms with Gasteiger partial charge in [-0.2, -0.15) is 4.31 Å². The molecule has 164 valence electrons. The molecule has 0 bridgehead atoms. The first-order valence-electron chi connectivity index (χ1n) is 9.82. The van der Waals surface area contributed by atoms with E-state index in [1.807, 2.05) is 24.3 Å². The fraction of sp³-hybridized carbons (Fsp3) is 0. The first-order chi connectivity index (χ1) is 15.9. The zero-order chi connectivity index (χ0) is 23.4. The zero-order valence-corrected chi connectivity index (χ0v) is 20.3. The summed E-state index contributed by atoms with van der Waals surface area (Å²) in [6, 6.07) is 29.8. The van der Waals surface area contributed by atoms with Crippen molar-refractivity contribution in [3.63, 3.8) is 0 Å². The molecule has 1 N–H and O–H groups in total. The van der Waals surface area contributed by atoms with Gasteiger partial charge in [-0.05, 0) is 66.6 Å². The third kappa shape index (κ3) is 5.07. The van der Waals surface area contributed by atoms with E-state index < -0.39 is 10.0 Å². The van der Waals surface area contributed by atoms with Crippen LogP contribution in [0.2, 0.25) is 5.02 Å². The first kappa shape index (κ1) is 22.9. The van der Waals surface area contributed by atoms with E-state index in [-0.39, 0.29) is 10.6 Å². The van der Waals surface area contributed by atoms with Gasteiger partial charge < -0.3 is 5.11 Å². The predicted molar refractivity (Wildman–Crippen MR) is 136 cm³/mol. The molecule has 7 heteroatoms. The standard InChI is InChI=1S/C26H17BrClNO3S/c27-20-9-15-23(16-10-20)33(31,32)29(22-13-11-21(28)12-14-22)18-17-19-5-1-2-6-24(19)25-7-3-4-8-26(25)30/h1-16,30H. The fourth-order valence-electron chi connectivity index (χ4n) is 3.19. The molecule has 0 saturated heterocycles. The number of nitrogens with zero attached hydrogens (tertiary/aromatic N) is 1. The molecule has 0 atom stereocenters. The molecule has 4 nitrogen and oxygen atoms in total. The molecule has 4 aromatic rings. The fourth-order valence-corrected chi connectivity index (χ4v) is 4.84. The zero-order valence-electron chi connectivity index (χ0n) is 17.1. The SMILES string of the molecule is O=S(=O)(c1ccc(Br)cc1)N(C#Cc1ccccc1-c1ccccc1O)c1ccc(Cl)cc1. The Morgan fingerprint density at radius 2 is 1.39 bits per heavy atom. The molecule has 4 aromatic carbocycles. The Kier molecular flexibility index (Phi) is 6.75. The van der Waals surface area contributed by atoms with Gasteiger partial charge in [0.2, 0.25) is 0 Å². The highest BCUT2D eigenvalue weighted by molar-refractivity contribution is 9.10. The van der Waals surface area contributed by atoms with Gasteiger partial charge in [-0.3, -0.25) is 0 Å². The van der Waals surface area contributed by atoms with Crippen LogP contribution in [-0.4, -0.2) is 13.5 Å². The average molecular weight is 539 g/mol. The molecule has 0 saturated carbocycles. The summed E-state index contributed by atoms with van der Waals surface area (Å²) in [5, 5.41) is 10.8. The third-order valence-corrected chi connectivity index (χ3v) is 7.26. The maximum atomic E-state index is 13.5. The van der Waals surface area contributed by atoms with Gasteiger partial charge in [0, 0.05) is 32.2 Å². The van der Waals surface area contributed by atoms with Gasteiger partial charge in [-0.15, -0.1) is 0 Å². The summed E-state index contributed by atoms with van der Waals surface area (Å²) in [6.45, 7) is 0. The second-order valence-electron chi connectivity index (χ2n) is 7.00. The molecule has 0 heterocycles. The lowest BCUT2D eigenvalue weighted by Gasteiger charge is -2.18. The summed E-state index contributed by atoms with van der Waals surface area (Å²) < 4.78 is 28.8. The smallest absolute Gasteiger partial charge is 0.275 e. The van der Waals surface area contributed by atoms with Gasteiger partial charge in [0.15, 0.2) is 0 Å². The van der Waals surface area contributed by atoms with Crippen LogP contribution in [0.3, 0.4) is 0 Å². The first-order valence-corrected chi connectivity index (χ1v) is 12.4. The maximum Gasteiger partial charge on any atom is 0.275 e. The topological polar surface area (TPSA) is 57.6 Å². The number of para-hydroxylation sites is 1. The molecular weight excluding hydrogens is 522 g/mol. The van der Waals surface area contributed by atoms with Crippen LogP contribution in [0, 0.1) is 12.0 Å². The van der Waals surface area contributed by atoms with Crippen molar-refractivity contribution in [2.45, 2.75) is 4.90 Å². The molecule has 0 aliphatic rings. The number of phenols is 1. The van der Waals surface area contributed by atoms with Crippen molar-refractivity contribution in [1.29, 1.82) is 0 Å². The average Bonchev–Trinajstić information content (AvgIpc) is 2.81.